The van der Waals surface area contributed by atoms with Gasteiger partial charge in [-0.2, -0.15) is 0 Å². The van der Waals surface area contributed by atoms with Crippen molar-refractivity contribution in [3.63, 3.8) is 0 Å². The molecule has 1 heterocycles. The predicted octanol–water partition coefficient (Wildman–Crippen LogP) is 6.36. The Kier molecular flexibility index (Phi) is 5.56. The normalized spacial score (nSPS) is 16.3. The van der Waals surface area contributed by atoms with Crippen LogP contribution in [-0.4, -0.2) is 24.5 Å². The van der Waals surface area contributed by atoms with E-state index in [0.29, 0.717) is 0 Å². The van der Waals surface area contributed by atoms with Gasteiger partial charge in [0.05, 0.1) is 0 Å². The Morgan fingerprint density at radius 2 is 1.32 bits per heavy atom. The largest absolute Gasteiger partial charge is 0.399 e. The van der Waals surface area contributed by atoms with Crippen LogP contribution in [0.2, 0.25) is 0 Å². The third-order valence-electron chi connectivity index (χ3n) is 6.33. The monoisotopic (exact) mass is 404 g/mol. The second-order valence-corrected chi connectivity index (χ2v) is 8.36. The second-order valence-electron chi connectivity index (χ2n) is 8.36. The van der Waals surface area contributed by atoms with Crippen LogP contribution in [0.4, 0.5) is 5.69 Å². The number of rotatable bonds is 3. The molecule has 0 spiro atoms. The smallest absolute Gasteiger partial charge is 0.0314 e. The highest BCUT2D eigenvalue weighted by molar-refractivity contribution is 5.94. The van der Waals surface area contributed by atoms with E-state index in [1.54, 1.807) is 5.57 Å². The molecule has 3 aromatic rings. The number of anilines is 1. The van der Waals surface area contributed by atoms with E-state index in [1.165, 1.54) is 33.4 Å². The average Bonchev–Trinajstić information content (AvgIpc) is 2.98. The Bertz CT molecular complexity index is 1100. The highest BCUT2D eigenvalue weighted by Crippen LogP contribution is 2.38. The third-order valence-corrected chi connectivity index (χ3v) is 6.33. The molecule has 0 aromatic heterocycles. The number of nitrogen functional groups attached to an aromatic ring is 1. The molecule has 0 bridgehead atoms. The maximum absolute atomic E-state index is 5.78. The zero-order valence-corrected chi connectivity index (χ0v) is 17.8. The average molecular weight is 405 g/mol. The first-order chi connectivity index (χ1) is 15.3. The number of piperidine rings is 1. The van der Waals surface area contributed by atoms with Gasteiger partial charge in [-0.1, -0.05) is 90.5 Å². The lowest BCUT2D eigenvalue weighted by Gasteiger charge is -2.29. The maximum Gasteiger partial charge on any atom is 0.0314 e. The topological polar surface area (TPSA) is 29.3 Å². The van der Waals surface area contributed by atoms with Crippen molar-refractivity contribution in [2.24, 2.45) is 0 Å². The molecule has 1 saturated heterocycles. The van der Waals surface area contributed by atoms with Crippen LogP contribution >= 0.6 is 0 Å². The highest BCUT2D eigenvalue weighted by atomic mass is 15.1. The molecular weight excluding hydrogens is 376 g/mol. The van der Waals surface area contributed by atoms with Crippen LogP contribution in [0.1, 0.15) is 40.7 Å². The molecular formula is C29H28N2. The summed E-state index contributed by atoms with van der Waals surface area (Å²) in [5.74, 6) is 0. The second kappa shape index (κ2) is 8.79. The quantitative estimate of drug-likeness (QED) is 0.402. The maximum atomic E-state index is 5.78. The number of benzene rings is 3. The molecule has 0 unspecified atom stereocenters. The van der Waals surface area contributed by atoms with Gasteiger partial charge in [-0.05, 0) is 58.4 Å². The standard InChI is InChI=1S/C29H28N2/c30-26-15-11-22(12-16-26)6-5-19-31-20-17-25(18-21-31)29-27-9-3-1-7-23(27)13-14-24-8-2-4-10-28(24)29/h1-16H,17-21,30H2/b6-5+. The first-order valence-corrected chi connectivity index (χ1v) is 11.1. The Balaban J connectivity index is 1.36. The summed E-state index contributed by atoms with van der Waals surface area (Å²) in [5.41, 5.74) is 16.2. The number of fused-ring (bicyclic) bond motifs is 2. The van der Waals surface area contributed by atoms with E-state index in [9.17, 15) is 0 Å². The summed E-state index contributed by atoms with van der Waals surface area (Å²) >= 11 is 0. The van der Waals surface area contributed by atoms with E-state index in [-0.39, 0.29) is 0 Å². The van der Waals surface area contributed by atoms with E-state index < -0.39 is 0 Å². The van der Waals surface area contributed by atoms with Gasteiger partial charge in [-0.3, -0.25) is 4.90 Å². The summed E-state index contributed by atoms with van der Waals surface area (Å²) in [6, 6.07) is 25.7. The Labute approximate surface area is 185 Å². The van der Waals surface area contributed by atoms with Crippen LogP contribution in [0.25, 0.3) is 23.8 Å². The van der Waals surface area contributed by atoms with Gasteiger partial charge < -0.3 is 5.73 Å². The van der Waals surface area contributed by atoms with Gasteiger partial charge in [0.1, 0.15) is 0 Å². The summed E-state index contributed by atoms with van der Waals surface area (Å²) in [5, 5.41) is 0. The SMILES string of the molecule is Nc1ccc(/C=C/CN2CCC(=C3c4ccccc4C=Cc4ccccc43)CC2)cc1. The molecule has 3 aromatic carbocycles. The van der Waals surface area contributed by atoms with Crippen molar-refractivity contribution in [3.8, 4) is 0 Å². The lowest BCUT2D eigenvalue weighted by molar-refractivity contribution is 0.284. The van der Waals surface area contributed by atoms with Crippen molar-refractivity contribution in [1.29, 1.82) is 0 Å². The first-order valence-electron chi connectivity index (χ1n) is 11.1. The molecule has 1 fully saturated rings. The summed E-state index contributed by atoms with van der Waals surface area (Å²) < 4.78 is 0. The van der Waals surface area contributed by atoms with E-state index in [0.717, 1.165) is 38.2 Å². The molecule has 2 nitrogen and oxygen atoms in total. The van der Waals surface area contributed by atoms with E-state index in [1.807, 2.05) is 12.1 Å². The van der Waals surface area contributed by atoms with Gasteiger partial charge in [0.15, 0.2) is 0 Å². The van der Waals surface area contributed by atoms with E-state index in [2.05, 4.69) is 89.9 Å². The van der Waals surface area contributed by atoms with Gasteiger partial charge in [0.25, 0.3) is 0 Å². The minimum atomic E-state index is 0.811. The van der Waals surface area contributed by atoms with Crippen LogP contribution in [-0.2, 0) is 0 Å². The van der Waals surface area contributed by atoms with Gasteiger partial charge >= 0.3 is 0 Å². The molecule has 1 aliphatic carbocycles. The number of nitrogens with zero attached hydrogens (tertiary/aromatic N) is 1. The molecule has 2 N–H and O–H groups in total. The number of nitrogens with two attached hydrogens (primary N) is 1. The zero-order valence-electron chi connectivity index (χ0n) is 17.8. The Hall–Kier alpha value is -3.36. The molecule has 0 atom stereocenters. The third kappa shape index (κ3) is 4.26. The number of hydrogen-bond donors (Lipinski definition) is 1. The molecule has 2 heteroatoms. The van der Waals surface area contributed by atoms with Gasteiger partial charge in [0, 0.05) is 25.3 Å². The molecule has 1 aliphatic heterocycles. The van der Waals surface area contributed by atoms with Crippen LogP contribution in [0.5, 0.6) is 0 Å². The first kappa shape index (κ1) is 19.6. The summed E-state index contributed by atoms with van der Waals surface area (Å²) in [6.45, 7) is 3.19. The molecule has 31 heavy (non-hydrogen) atoms. The fourth-order valence-electron chi connectivity index (χ4n) is 4.65. The van der Waals surface area contributed by atoms with Crippen molar-refractivity contribution in [2.75, 3.05) is 25.4 Å². The van der Waals surface area contributed by atoms with Crippen LogP contribution in [0, 0.1) is 0 Å². The highest BCUT2D eigenvalue weighted by Gasteiger charge is 2.21. The van der Waals surface area contributed by atoms with Gasteiger partial charge in [-0.15, -0.1) is 0 Å². The lowest BCUT2D eigenvalue weighted by Crippen LogP contribution is -2.31. The summed E-state index contributed by atoms with van der Waals surface area (Å²) in [6.07, 6.45) is 11.2. The van der Waals surface area contributed by atoms with Crippen LogP contribution < -0.4 is 5.73 Å². The minimum Gasteiger partial charge on any atom is -0.399 e. The van der Waals surface area contributed by atoms with Crippen molar-refractivity contribution < 1.29 is 0 Å². The molecule has 0 amide bonds. The van der Waals surface area contributed by atoms with Crippen LogP contribution in [0.3, 0.4) is 0 Å². The van der Waals surface area contributed by atoms with Gasteiger partial charge in [0.2, 0.25) is 0 Å². The molecule has 5 rings (SSSR count). The Morgan fingerprint density at radius 3 is 1.94 bits per heavy atom. The fraction of sp³-hybridized carbons (Fsp3) is 0.172. The lowest BCUT2D eigenvalue weighted by atomic mass is 9.86. The summed E-state index contributed by atoms with van der Waals surface area (Å²) in [7, 11) is 0. The van der Waals surface area contributed by atoms with E-state index in [4.69, 9.17) is 5.73 Å². The van der Waals surface area contributed by atoms with Crippen molar-refractivity contribution >= 4 is 29.5 Å². The molecule has 154 valence electrons. The number of likely N-dealkylation sites (tertiary alicyclic amines) is 1. The van der Waals surface area contributed by atoms with Crippen LogP contribution in [0.15, 0.2) is 84.4 Å². The zero-order chi connectivity index (χ0) is 21.0. The van der Waals surface area contributed by atoms with Crippen molar-refractivity contribution in [1.82, 2.24) is 4.90 Å². The van der Waals surface area contributed by atoms with E-state index >= 15 is 0 Å². The summed E-state index contributed by atoms with van der Waals surface area (Å²) in [4.78, 5) is 2.55. The van der Waals surface area contributed by atoms with Crippen molar-refractivity contribution in [3.05, 3.63) is 112 Å². The molecule has 0 radical (unpaired) electrons. The Morgan fingerprint density at radius 1 is 0.742 bits per heavy atom. The minimum absolute atomic E-state index is 0.811. The van der Waals surface area contributed by atoms with Crippen molar-refractivity contribution in [2.45, 2.75) is 12.8 Å². The van der Waals surface area contributed by atoms with Gasteiger partial charge in [-0.25, -0.2) is 0 Å². The molecule has 2 aliphatic rings. The fourth-order valence-corrected chi connectivity index (χ4v) is 4.65. The predicted molar refractivity (Wildman–Crippen MR) is 133 cm³/mol. The molecule has 0 saturated carbocycles. The number of hydrogen-bond acceptors (Lipinski definition) is 2.